The summed E-state index contributed by atoms with van der Waals surface area (Å²) < 4.78 is 27.7. The first-order valence-corrected chi connectivity index (χ1v) is 7.07. The molecule has 0 fully saturated rings. The van der Waals surface area contributed by atoms with Gasteiger partial charge in [0.15, 0.2) is 11.6 Å². The van der Waals surface area contributed by atoms with E-state index in [0.717, 1.165) is 0 Å². The Balaban J connectivity index is 2.96. The maximum atomic E-state index is 13.9. The van der Waals surface area contributed by atoms with Crippen molar-refractivity contribution >= 4 is 28.8 Å². The lowest BCUT2D eigenvalue weighted by atomic mass is 10.1. The van der Waals surface area contributed by atoms with E-state index in [-0.39, 0.29) is 22.1 Å². The van der Waals surface area contributed by atoms with Crippen LogP contribution in [0.5, 0.6) is 0 Å². The molecule has 0 aliphatic rings. The van der Waals surface area contributed by atoms with Crippen LogP contribution in [-0.2, 0) is 4.79 Å². The fraction of sp³-hybridized carbons (Fsp3) is 0.429. The summed E-state index contributed by atoms with van der Waals surface area (Å²) >= 11 is 4.64. The van der Waals surface area contributed by atoms with Crippen molar-refractivity contribution in [3.8, 4) is 0 Å². The highest BCUT2D eigenvalue weighted by Gasteiger charge is 2.21. The molecule has 1 rings (SSSR count). The van der Waals surface area contributed by atoms with Gasteiger partial charge in [-0.1, -0.05) is 12.2 Å². The Morgan fingerprint density at radius 1 is 1.33 bits per heavy atom. The second-order valence-corrected chi connectivity index (χ2v) is 4.97. The molecule has 0 saturated carbocycles. The van der Waals surface area contributed by atoms with Gasteiger partial charge in [0.1, 0.15) is 11.0 Å². The number of carbonyl (C=O) groups excluding carboxylic acids is 1. The van der Waals surface area contributed by atoms with Gasteiger partial charge in [-0.3, -0.25) is 4.79 Å². The number of thiocarbonyl (C=S) groups is 1. The van der Waals surface area contributed by atoms with Crippen molar-refractivity contribution in [3.63, 3.8) is 0 Å². The van der Waals surface area contributed by atoms with Crippen LogP contribution in [0, 0.1) is 11.6 Å². The molecular weight excluding hydrogens is 296 g/mol. The highest BCUT2D eigenvalue weighted by atomic mass is 32.1. The zero-order valence-electron chi connectivity index (χ0n) is 12.2. The number of nitrogens with zero attached hydrogens (tertiary/aromatic N) is 1. The highest BCUT2D eigenvalue weighted by Crippen LogP contribution is 2.21. The fourth-order valence-corrected chi connectivity index (χ4v) is 2.11. The third-order valence-corrected chi connectivity index (χ3v) is 3.39. The first kappa shape index (κ1) is 17.3. The number of hydrogen-bond donors (Lipinski definition) is 2. The molecule has 0 aliphatic heterocycles. The molecule has 3 N–H and O–H groups in total. The summed E-state index contributed by atoms with van der Waals surface area (Å²) in [5, 5.41) is 2.68. The number of rotatable bonds is 6. The van der Waals surface area contributed by atoms with Crippen LogP contribution in [0.3, 0.4) is 0 Å². The number of hydrogen-bond acceptors (Lipinski definition) is 3. The van der Waals surface area contributed by atoms with Crippen LogP contribution in [0.1, 0.15) is 26.3 Å². The molecule has 0 spiro atoms. The van der Waals surface area contributed by atoms with Gasteiger partial charge in [0.2, 0.25) is 5.91 Å². The van der Waals surface area contributed by atoms with E-state index in [0.29, 0.717) is 13.1 Å². The van der Waals surface area contributed by atoms with Crippen molar-refractivity contribution in [1.29, 1.82) is 0 Å². The molecule has 0 bridgehead atoms. The summed E-state index contributed by atoms with van der Waals surface area (Å²) in [5.74, 6) is -2.40. The Kier molecular flexibility index (Phi) is 6.02. The van der Waals surface area contributed by atoms with E-state index in [1.165, 1.54) is 12.1 Å². The SMILES string of the molecule is CCN(CC)C(=O)C(C)Nc1ccc(C(N)=S)c(F)c1F. The number of halogens is 2. The number of nitrogens with one attached hydrogen (secondary N) is 1. The smallest absolute Gasteiger partial charge is 0.244 e. The molecule has 0 saturated heterocycles. The summed E-state index contributed by atoms with van der Waals surface area (Å²) in [6, 6.07) is 1.94. The lowest BCUT2D eigenvalue weighted by Gasteiger charge is -2.24. The lowest BCUT2D eigenvalue weighted by molar-refractivity contribution is -0.131. The molecule has 1 atom stereocenters. The zero-order valence-corrected chi connectivity index (χ0v) is 13.1. The van der Waals surface area contributed by atoms with E-state index in [1.807, 2.05) is 13.8 Å². The first-order chi connectivity index (χ1) is 9.83. The predicted molar refractivity (Wildman–Crippen MR) is 83.3 cm³/mol. The summed E-state index contributed by atoms with van der Waals surface area (Å²) in [7, 11) is 0. The molecule has 1 unspecified atom stereocenters. The maximum Gasteiger partial charge on any atom is 0.244 e. The number of anilines is 1. The maximum absolute atomic E-state index is 13.9. The van der Waals surface area contributed by atoms with Crippen LogP contribution in [0.4, 0.5) is 14.5 Å². The van der Waals surface area contributed by atoms with Crippen LogP contribution in [0.2, 0.25) is 0 Å². The Morgan fingerprint density at radius 3 is 2.38 bits per heavy atom. The van der Waals surface area contributed by atoms with Crippen molar-refractivity contribution in [3.05, 3.63) is 29.3 Å². The van der Waals surface area contributed by atoms with E-state index in [9.17, 15) is 13.6 Å². The topological polar surface area (TPSA) is 58.4 Å². The second kappa shape index (κ2) is 7.31. The van der Waals surface area contributed by atoms with Gasteiger partial charge in [-0.2, -0.15) is 0 Å². The monoisotopic (exact) mass is 315 g/mol. The number of likely N-dealkylation sites (N-methyl/N-ethyl adjacent to an activating group) is 1. The first-order valence-electron chi connectivity index (χ1n) is 6.66. The van der Waals surface area contributed by atoms with Crippen LogP contribution in [0.15, 0.2) is 12.1 Å². The molecule has 7 heteroatoms. The highest BCUT2D eigenvalue weighted by molar-refractivity contribution is 7.80. The van der Waals surface area contributed by atoms with E-state index < -0.39 is 17.7 Å². The van der Waals surface area contributed by atoms with Crippen LogP contribution >= 0.6 is 12.2 Å². The van der Waals surface area contributed by atoms with Gasteiger partial charge in [0.05, 0.1) is 5.69 Å². The van der Waals surface area contributed by atoms with Crippen LogP contribution in [-0.4, -0.2) is 34.9 Å². The van der Waals surface area contributed by atoms with Gasteiger partial charge in [0, 0.05) is 18.7 Å². The summed E-state index contributed by atoms with van der Waals surface area (Å²) in [6.07, 6.45) is 0. The Morgan fingerprint density at radius 2 is 1.90 bits per heavy atom. The predicted octanol–water partition coefficient (Wildman–Crippen LogP) is 2.27. The summed E-state index contributed by atoms with van der Waals surface area (Å²) in [6.45, 7) is 6.41. The standard InChI is InChI=1S/C14H19F2N3OS/c1-4-19(5-2)14(20)8(3)18-10-7-6-9(13(17)21)11(15)12(10)16/h6-8,18H,4-5H2,1-3H3,(H2,17,21). The van der Waals surface area contributed by atoms with Crippen molar-refractivity contribution in [2.24, 2.45) is 5.73 Å². The molecule has 4 nitrogen and oxygen atoms in total. The number of nitrogens with two attached hydrogens (primary N) is 1. The second-order valence-electron chi connectivity index (χ2n) is 4.53. The average Bonchev–Trinajstić information content (AvgIpc) is 2.44. The number of amides is 1. The molecule has 0 aliphatic carbocycles. The van der Waals surface area contributed by atoms with E-state index in [1.54, 1.807) is 11.8 Å². The van der Waals surface area contributed by atoms with Crippen LogP contribution < -0.4 is 11.1 Å². The molecule has 1 aromatic rings. The van der Waals surface area contributed by atoms with Crippen molar-refractivity contribution in [1.82, 2.24) is 4.90 Å². The van der Waals surface area contributed by atoms with E-state index >= 15 is 0 Å². The molecular formula is C14H19F2N3OS. The fourth-order valence-electron chi connectivity index (χ4n) is 1.96. The minimum atomic E-state index is -1.12. The quantitative estimate of drug-likeness (QED) is 0.791. The molecule has 0 heterocycles. The van der Waals surface area contributed by atoms with Crippen molar-refractivity contribution < 1.29 is 13.6 Å². The van der Waals surface area contributed by atoms with Crippen molar-refractivity contribution in [2.75, 3.05) is 18.4 Å². The molecule has 0 aromatic heterocycles. The average molecular weight is 315 g/mol. The van der Waals surface area contributed by atoms with E-state index in [4.69, 9.17) is 5.73 Å². The van der Waals surface area contributed by atoms with Crippen molar-refractivity contribution in [2.45, 2.75) is 26.8 Å². The van der Waals surface area contributed by atoms with Gasteiger partial charge < -0.3 is 16.0 Å². The normalized spacial score (nSPS) is 11.9. The van der Waals surface area contributed by atoms with Crippen LogP contribution in [0.25, 0.3) is 0 Å². The Labute approximate surface area is 128 Å². The third-order valence-electron chi connectivity index (χ3n) is 3.17. The molecule has 21 heavy (non-hydrogen) atoms. The minimum absolute atomic E-state index is 0.0968. The molecule has 1 aromatic carbocycles. The van der Waals surface area contributed by atoms with E-state index in [2.05, 4.69) is 17.5 Å². The van der Waals surface area contributed by atoms with Gasteiger partial charge >= 0.3 is 0 Å². The number of carbonyl (C=O) groups is 1. The zero-order chi connectivity index (χ0) is 16.2. The van der Waals surface area contributed by atoms with Gasteiger partial charge in [-0.25, -0.2) is 8.78 Å². The minimum Gasteiger partial charge on any atom is -0.389 e. The van der Waals surface area contributed by atoms with Gasteiger partial charge in [-0.15, -0.1) is 0 Å². The summed E-state index contributed by atoms with van der Waals surface area (Å²) in [4.78, 5) is 13.5. The van der Waals surface area contributed by atoms with Gasteiger partial charge in [-0.05, 0) is 32.9 Å². The Bertz CT molecular complexity index is 547. The lowest BCUT2D eigenvalue weighted by Crippen LogP contribution is -2.41. The largest absolute Gasteiger partial charge is 0.389 e. The number of benzene rings is 1. The molecule has 116 valence electrons. The van der Waals surface area contributed by atoms with Gasteiger partial charge in [0.25, 0.3) is 0 Å². The Hall–Kier alpha value is -1.76. The summed E-state index contributed by atoms with van der Waals surface area (Å²) in [5.41, 5.74) is 5.05. The molecule has 0 radical (unpaired) electrons. The third kappa shape index (κ3) is 3.87. The molecule has 1 amide bonds.